The largest absolute Gasteiger partial charge is 0.394 e. The number of hydrogen-bond donors (Lipinski definition) is 4. The standard InChI is InChI=1S/C8H14O8/c1-4(11)15-16-6(3-10)8(14)7(13)5(12)2-9/h3,5-9,12-14H,2H2,1H3/t5-,6+,7+,8-/m1/s1. The summed E-state index contributed by atoms with van der Waals surface area (Å²) in [6.45, 7) is 0.199. The van der Waals surface area contributed by atoms with Crippen molar-refractivity contribution in [2.24, 2.45) is 0 Å². The summed E-state index contributed by atoms with van der Waals surface area (Å²) in [7, 11) is 0. The number of rotatable bonds is 7. The van der Waals surface area contributed by atoms with Gasteiger partial charge in [-0.1, -0.05) is 0 Å². The van der Waals surface area contributed by atoms with Gasteiger partial charge < -0.3 is 25.2 Å². The fourth-order valence-corrected chi connectivity index (χ4v) is 0.813. The molecule has 94 valence electrons. The summed E-state index contributed by atoms with van der Waals surface area (Å²) in [4.78, 5) is 29.0. The van der Waals surface area contributed by atoms with Crippen molar-refractivity contribution in [2.45, 2.75) is 31.3 Å². The molecule has 4 atom stereocenters. The van der Waals surface area contributed by atoms with Crippen LogP contribution in [-0.4, -0.2) is 63.7 Å². The first-order valence-electron chi connectivity index (χ1n) is 4.38. The van der Waals surface area contributed by atoms with E-state index in [0.29, 0.717) is 0 Å². The van der Waals surface area contributed by atoms with E-state index in [1.807, 2.05) is 0 Å². The first kappa shape index (κ1) is 14.9. The molecule has 0 amide bonds. The van der Waals surface area contributed by atoms with E-state index in [9.17, 15) is 19.8 Å². The van der Waals surface area contributed by atoms with Crippen LogP contribution in [0.2, 0.25) is 0 Å². The molecule has 0 spiro atoms. The van der Waals surface area contributed by atoms with Gasteiger partial charge in [0.05, 0.1) is 6.61 Å². The van der Waals surface area contributed by atoms with E-state index in [4.69, 9.17) is 10.2 Å². The van der Waals surface area contributed by atoms with Gasteiger partial charge in [0, 0.05) is 6.92 Å². The molecule has 0 aromatic rings. The van der Waals surface area contributed by atoms with Crippen LogP contribution >= 0.6 is 0 Å². The van der Waals surface area contributed by atoms with E-state index >= 15 is 0 Å². The Balaban J connectivity index is 4.33. The number of hydrogen-bond acceptors (Lipinski definition) is 8. The van der Waals surface area contributed by atoms with Crippen molar-refractivity contribution in [2.75, 3.05) is 6.61 Å². The minimum atomic E-state index is -1.83. The van der Waals surface area contributed by atoms with Crippen molar-refractivity contribution in [3.8, 4) is 0 Å². The van der Waals surface area contributed by atoms with Crippen molar-refractivity contribution in [1.82, 2.24) is 0 Å². The van der Waals surface area contributed by atoms with E-state index in [1.165, 1.54) is 0 Å². The highest BCUT2D eigenvalue weighted by molar-refractivity contribution is 5.65. The van der Waals surface area contributed by atoms with E-state index in [0.717, 1.165) is 6.92 Å². The van der Waals surface area contributed by atoms with Gasteiger partial charge in [0.15, 0.2) is 12.4 Å². The van der Waals surface area contributed by atoms with Crippen LogP contribution in [-0.2, 0) is 19.4 Å². The van der Waals surface area contributed by atoms with E-state index < -0.39 is 37.0 Å². The molecule has 0 aliphatic carbocycles. The van der Waals surface area contributed by atoms with Crippen molar-refractivity contribution >= 4 is 12.3 Å². The maximum Gasteiger partial charge on any atom is 0.339 e. The predicted molar refractivity (Wildman–Crippen MR) is 47.8 cm³/mol. The molecule has 0 unspecified atom stereocenters. The van der Waals surface area contributed by atoms with Crippen molar-refractivity contribution in [3.05, 3.63) is 0 Å². The van der Waals surface area contributed by atoms with Gasteiger partial charge in [-0.15, -0.1) is 0 Å². The van der Waals surface area contributed by atoms with Gasteiger partial charge in [0.1, 0.15) is 18.3 Å². The average molecular weight is 238 g/mol. The lowest BCUT2D eigenvalue weighted by Crippen LogP contribution is -2.47. The highest BCUT2D eigenvalue weighted by atomic mass is 17.2. The van der Waals surface area contributed by atoms with Crippen LogP contribution in [0.4, 0.5) is 0 Å². The summed E-state index contributed by atoms with van der Waals surface area (Å²) in [5.41, 5.74) is 0. The van der Waals surface area contributed by atoms with E-state index in [-0.39, 0.29) is 6.29 Å². The molecule has 0 aromatic carbocycles. The van der Waals surface area contributed by atoms with Crippen molar-refractivity contribution < 1.29 is 39.8 Å². The zero-order valence-electron chi connectivity index (χ0n) is 8.52. The SMILES string of the molecule is CC(=O)OO[C@@H](C=O)[C@@H](O)[C@@H](O)[C@H](O)CO. The molecular formula is C8H14O8. The van der Waals surface area contributed by atoms with Gasteiger partial charge >= 0.3 is 5.97 Å². The van der Waals surface area contributed by atoms with Crippen molar-refractivity contribution in [1.29, 1.82) is 0 Å². The molecule has 0 radical (unpaired) electrons. The third-order valence-electron chi connectivity index (χ3n) is 1.68. The Morgan fingerprint density at radius 3 is 2.25 bits per heavy atom. The smallest absolute Gasteiger partial charge is 0.339 e. The Hall–Kier alpha value is -1.06. The van der Waals surface area contributed by atoms with Crippen LogP contribution in [0.15, 0.2) is 0 Å². The molecule has 0 aliphatic heterocycles. The van der Waals surface area contributed by atoms with Crippen LogP contribution in [0.3, 0.4) is 0 Å². The fraction of sp³-hybridized carbons (Fsp3) is 0.750. The maximum absolute atomic E-state index is 10.4. The lowest BCUT2D eigenvalue weighted by molar-refractivity contribution is -0.306. The normalized spacial score (nSPS) is 18.3. The maximum atomic E-state index is 10.4. The number of aldehydes is 1. The van der Waals surface area contributed by atoms with E-state index in [1.54, 1.807) is 0 Å². The molecule has 0 aromatic heterocycles. The third kappa shape index (κ3) is 4.64. The Morgan fingerprint density at radius 1 is 1.31 bits per heavy atom. The summed E-state index contributed by atoms with van der Waals surface area (Å²) in [6, 6.07) is 0. The molecule has 0 heterocycles. The Bertz CT molecular complexity index is 230. The highest BCUT2D eigenvalue weighted by Gasteiger charge is 2.33. The van der Waals surface area contributed by atoms with Gasteiger partial charge in [0.2, 0.25) is 0 Å². The van der Waals surface area contributed by atoms with Gasteiger partial charge in [-0.05, 0) is 0 Å². The lowest BCUT2D eigenvalue weighted by atomic mass is 10.0. The number of carbonyl (C=O) groups is 2. The molecule has 8 heteroatoms. The second-order valence-electron chi connectivity index (χ2n) is 3.00. The molecule has 16 heavy (non-hydrogen) atoms. The van der Waals surface area contributed by atoms with Gasteiger partial charge in [-0.25, -0.2) is 4.79 Å². The van der Waals surface area contributed by atoms with Crippen LogP contribution in [0.5, 0.6) is 0 Å². The number of aliphatic hydroxyl groups is 4. The first-order chi connectivity index (χ1) is 7.43. The van der Waals surface area contributed by atoms with Crippen LogP contribution in [0.25, 0.3) is 0 Å². The van der Waals surface area contributed by atoms with Gasteiger partial charge in [-0.2, -0.15) is 4.89 Å². The summed E-state index contributed by atoms with van der Waals surface area (Å²) < 4.78 is 0. The zero-order valence-corrected chi connectivity index (χ0v) is 8.52. The molecule has 0 saturated carbocycles. The Labute approximate surface area is 91.0 Å². The average Bonchev–Trinajstić information content (AvgIpc) is 2.27. The first-order valence-corrected chi connectivity index (χ1v) is 4.38. The van der Waals surface area contributed by atoms with Crippen LogP contribution in [0, 0.1) is 0 Å². The number of aliphatic hydroxyl groups excluding tert-OH is 4. The second-order valence-corrected chi connectivity index (χ2v) is 3.00. The summed E-state index contributed by atoms with van der Waals surface area (Å²) in [5, 5.41) is 36.0. The molecule has 0 saturated heterocycles. The van der Waals surface area contributed by atoms with Gasteiger partial charge in [0.25, 0.3) is 0 Å². The molecular weight excluding hydrogens is 224 g/mol. The molecule has 0 rings (SSSR count). The molecule has 0 fully saturated rings. The third-order valence-corrected chi connectivity index (χ3v) is 1.68. The summed E-state index contributed by atoms with van der Waals surface area (Å²) in [5.74, 6) is -0.851. The number of carbonyl (C=O) groups excluding carboxylic acids is 2. The minimum Gasteiger partial charge on any atom is -0.394 e. The van der Waals surface area contributed by atoms with Crippen molar-refractivity contribution in [3.63, 3.8) is 0 Å². The van der Waals surface area contributed by atoms with Gasteiger partial charge in [-0.3, -0.25) is 4.89 Å². The minimum absolute atomic E-state index is 0.0842. The molecule has 4 N–H and O–H groups in total. The van der Waals surface area contributed by atoms with E-state index in [2.05, 4.69) is 9.78 Å². The van der Waals surface area contributed by atoms with Crippen LogP contribution in [0.1, 0.15) is 6.92 Å². The molecule has 8 nitrogen and oxygen atoms in total. The highest BCUT2D eigenvalue weighted by Crippen LogP contribution is 2.07. The molecule has 0 aliphatic rings. The quantitative estimate of drug-likeness (QED) is 0.211. The fourth-order valence-electron chi connectivity index (χ4n) is 0.813. The molecule has 0 bridgehead atoms. The van der Waals surface area contributed by atoms with Crippen LogP contribution < -0.4 is 0 Å². The summed E-state index contributed by atoms with van der Waals surface area (Å²) in [6.07, 6.45) is -6.85. The predicted octanol–water partition coefficient (Wildman–Crippen LogP) is -2.88. The second kappa shape index (κ2) is 7.25. The monoisotopic (exact) mass is 238 g/mol. The Kier molecular flexibility index (Phi) is 6.77. The lowest BCUT2D eigenvalue weighted by Gasteiger charge is -2.24. The Morgan fingerprint density at radius 2 is 1.88 bits per heavy atom. The topological polar surface area (TPSA) is 134 Å². The summed E-state index contributed by atoms with van der Waals surface area (Å²) >= 11 is 0. The zero-order chi connectivity index (χ0) is 12.7.